The van der Waals surface area contributed by atoms with E-state index in [0.29, 0.717) is 18.9 Å². The van der Waals surface area contributed by atoms with Crippen LogP contribution in [0.4, 0.5) is 0 Å². The molecule has 1 aromatic rings. The Hall–Kier alpha value is -1.43. The zero-order valence-corrected chi connectivity index (χ0v) is 10.5. The fourth-order valence-corrected chi connectivity index (χ4v) is 2.98. The summed E-state index contributed by atoms with van der Waals surface area (Å²) >= 11 is 0. The number of hydrogen-bond donors (Lipinski definition) is 1. The van der Waals surface area contributed by atoms with Crippen LogP contribution in [0.3, 0.4) is 0 Å². The minimum absolute atomic E-state index is 0.246. The molecule has 0 radical (unpaired) electrons. The van der Waals surface area contributed by atoms with Crippen LogP contribution in [0.2, 0.25) is 0 Å². The lowest BCUT2D eigenvalue weighted by atomic mass is 9.88. The third kappa shape index (κ3) is 2.38. The average molecular weight is 249 g/mol. The molecule has 2 unspecified atom stereocenters. The predicted octanol–water partition coefficient (Wildman–Crippen LogP) is -0.264. The van der Waals surface area contributed by atoms with Crippen molar-refractivity contribution in [2.45, 2.75) is 19.4 Å². The number of amides is 1. The SMILES string of the molecule is O=C(CCn1ccnn1)N1CCC2CNCC2C1. The Morgan fingerprint density at radius 1 is 1.39 bits per heavy atom. The van der Waals surface area contributed by atoms with Gasteiger partial charge in [-0.05, 0) is 31.3 Å². The molecule has 6 heteroatoms. The number of carbonyl (C=O) groups is 1. The van der Waals surface area contributed by atoms with Crippen molar-refractivity contribution < 1.29 is 4.79 Å². The van der Waals surface area contributed by atoms with E-state index in [9.17, 15) is 4.79 Å². The number of fused-ring (bicyclic) bond motifs is 1. The summed E-state index contributed by atoms with van der Waals surface area (Å²) in [5.41, 5.74) is 0. The number of aryl methyl sites for hydroxylation is 1. The van der Waals surface area contributed by atoms with Crippen LogP contribution in [0, 0.1) is 11.8 Å². The molecule has 3 heterocycles. The van der Waals surface area contributed by atoms with E-state index in [-0.39, 0.29) is 5.91 Å². The fourth-order valence-electron chi connectivity index (χ4n) is 2.98. The quantitative estimate of drug-likeness (QED) is 0.801. The summed E-state index contributed by atoms with van der Waals surface area (Å²) in [6.07, 6.45) is 5.10. The van der Waals surface area contributed by atoms with Crippen LogP contribution in [0.25, 0.3) is 0 Å². The largest absolute Gasteiger partial charge is 0.342 e. The molecule has 0 aromatic carbocycles. The first-order valence-electron chi connectivity index (χ1n) is 6.65. The number of rotatable bonds is 3. The van der Waals surface area contributed by atoms with Gasteiger partial charge in [0.25, 0.3) is 0 Å². The Morgan fingerprint density at radius 3 is 3.11 bits per heavy atom. The van der Waals surface area contributed by atoms with Crippen molar-refractivity contribution in [1.82, 2.24) is 25.2 Å². The van der Waals surface area contributed by atoms with E-state index in [1.165, 1.54) is 0 Å². The molecule has 0 aliphatic carbocycles. The van der Waals surface area contributed by atoms with E-state index >= 15 is 0 Å². The van der Waals surface area contributed by atoms with Gasteiger partial charge in [0.15, 0.2) is 0 Å². The van der Waals surface area contributed by atoms with E-state index in [1.54, 1.807) is 17.1 Å². The molecular weight excluding hydrogens is 230 g/mol. The first-order chi connectivity index (χ1) is 8.83. The zero-order valence-electron chi connectivity index (χ0n) is 10.5. The average Bonchev–Trinajstić information content (AvgIpc) is 3.05. The zero-order chi connectivity index (χ0) is 12.4. The van der Waals surface area contributed by atoms with Gasteiger partial charge in [-0.25, -0.2) is 0 Å². The highest BCUT2D eigenvalue weighted by Gasteiger charge is 2.34. The summed E-state index contributed by atoms with van der Waals surface area (Å²) < 4.78 is 1.71. The molecule has 2 atom stereocenters. The Labute approximate surface area is 106 Å². The number of nitrogens with one attached hydrogen (secondary N) is 1. The van der Waals surface area contributed by atoms with E-state index in [0.717, 1.165) is 38.5 Å². The maximum Gasteiger partial charge on any atom is 0.224 e. The molecule has 2 aliphatic heterocycles. The predicted molar refractivity (Wildman–Crippen MR) is 65.7 cm³/mol. The number of likely N-dealkylation sites (tertiary alicyclic amines) is 1. The van der Waals surface area contributed by atoms with Crippen molar-refractivity contribution in [2.75, 3.05) is 26.2 Å². The summed E-state index contributed by atoms with van der Waals surface area (Å²) in [4.78, 5) is 14.1. The van der Waals surface area contributed by atoms with Crippen LogP contribution >= 0.6 is 0 Å². The van der Waals surface area contributed by atoms with Gasteiger partial charge < -0.3 is 10.2 Å². The third-order valence-electron chi connectivity index (χ3n) is 4.08. The molecule has 18 heavy (non-hydrogen) atoms. The van der Waals surface area contributed by atoms with Crippen LogP contribution < -0.4 is 5.32 Å². The molecule has 2 saturated heterocycles. The van der Waals surface area contributed by atoms with Crippen LogP contribution in [0.15, 0.2) is 12.4 Å². The lowest BCUT2D eigenvalue weighted by Crippen LogP contribution is -2.43. The molecule has 98 valence electrons. The molecule has 1 N–H and O–H groups in total. The smallest absolute Gasteiger partial charge is 0.224 e. The number of nitrogens with zero attached hydrogens (tertiary/aromatic N) is 4. The van der Waals surface area contributed by atoms with Gasteiger partial charge in [0.2, 0.25) is 5.91 Å². The highest BCUT2D eigenvalue weighted by Crippen LogP contribution is 2.26. The lowest BCUT2D eigenvalue weighted by molar-refractivity contribution is -0.133. The molecule has 2 fully saturated rings. The van der Waals surface area contributed by atoms with Gasteiger partial charge in [0.05, 0.1) is 12.7 Å². The maximum absolute atomic E-state index is 12.1. The molecule has 6 nitrogen and oxygen atoms in total. The van der Waals surface area contributed by atoms with Gasteiger partial charge in [-0.1, -0.05) is 5.21 Å². The highest BCUT2D eigenvalue weighted by molar-refractivity contribution is 5.76. The van der Waals surface area contributed by atoms with Crippen molar-refractivity contribution >= 4 is 5.91 Å². The van der Waals surface area contributed by atoms with Crippen molar-refractivity contribution in [2.24, 2.45) is 11.8 Å². The van der Waals surface area contributed by atoms with E-state index in [2.05, 4.69) is 15.6 Å². The Morgan fingerprint density at radius 2 is 2.28 bits per heavy atom. The van der Waals surface area contributed by atoms with Gasteiger partial charge in [-0.2, -0.15) is 0 Å². The number of piperidine rings is 1. The van der Waals surface area contributed by atoms with E-state index < -0.39 is 0 Å². The molecule has 1 aromatic heterocycles. The normalized spacial score (nSPS) is 27.2. The first kappa shape index (κ1) is 11.6. The van der Waals surface area contributed by atoms with Gasteiger partial charge in [-0.3, -0.25) is 9.48 Å². The second-order valence-electron chi connectivity index (χ2n) is 5.22. The fraction of sp³-hybridized carbons (Fsp3) is 0.750. The number of aromatic nitrogens is 3. The summed E-state index contributed by atoms with van der Waals surface area (Å²) in [5, 5.41) is 11.0. The topological polar surface area (TPSA) is 63.1 Å². The van der Waals surface area contributed by atoms with E-state index in [4.69, 9.17) is 0 Å². The van der Waals surface area contributed by atoms with Crippen molar-refractivity contribution in [3.63, 3.8) is 0 Å². The molecule has 1 amide bonds. The van der Waals surface area contributed by atoms with Crippen molar-refractivity contribution in [3.8, 4) is 0 Å². The van der Waals surface area contributed by atoms with Crippen molar-refractivity contribution in [3.05, 3.63) is 12.4 Å². The Balaban J connectivity index is 1.50. The monoisotopic (exact) mass is 249 g/mol. The minimum Gasteiger partial charge on any atom is -0.342 e. The standard InChI is InChI=1S/C12H19N5O/c18-12(2-5-17-6-3-14-15-17)16-4-1-10-7-13-8-11(10)9-16/h3,6,10-11,13H,1-2,4-5,7-9H2. The summed E-state index contributed by atoms with van der Waals surface area (Å²) in [6.45, 7) is 4.66. The Bertz CT molecular complexity index is 405. The lowest BCUT2D eigenvalue weighted by Gasteiger charge is -2.34. The van der Waals surface area contributed by atoms with Gasteiger partial charge >= 0.3 is 0 Å². The molecular formula is C12H19N5O. The summed E-state index contributed by atoms with van der Waals surface area (Å²) in [5.74, 6) is 1.69. The van der Waals surface area contributed by atoms with Crippen LogP contribution in [0.5, 0.6) is 0 Å². The minimum atomic E-state index is 0.246. The molecule has 3 rings (SSSR count). The van der Waals surface area contributed by atoms with Gasteiger partial charge in [0.1, 0.15) is 0 Å². The van der Waals surface area contributed by atoms with Crippen LogP contribution in [0.1, 0.15) is 12.8 Å². The van der Waals surface area contributed by atoms with E-state index in [1.807, 2.05) is 4.90 Å². The first-order valence-corrected chi connectivity index (χ1v) is 6.65. The summed E-state index contributed by atoms with van der Waals surface area (Å²) in [7, 11) is 0. The molecule has 0 bridgehead atoms. The van der Waals surface area contributed by atoms with Crippen LogP contribution in [-0.2, 0) is 11.3 Å². The van der Waals surface area contributed by atoms with Gasteiger partial charge in [0, 0.05) is 25.7 Å². The van der Waals surface area contributed by atoms with Crippen LogP contribution in [-0.4, -0.2) is 52.0 Å². The van der Waals surface area contributed by atoms with Gasteiger partial charge in [-0.15, -0.1) is 5.10 Å². The third-order valence-corrected chi connectivity index (χ3v) is 4.08. The molecule has 0 saturated carbocycles. The Kier molecular flexibility index (Phi) is 3.27. The number of carbonyl (C=O) groups excluding carboxylic acids is 1. The molecule has 0 spiro atoms. The second-order valence-corrected chi connectivity index (χ2v) is 5.22. The second kappa shape index (κ2) is 5.06. The highest BCUT2D eigenvalue weighted by atomic mass is 16.2. The molecule has 2 aliphatic rings. The van der Waals surface area contributed by atoms with Crippen molar-refractivity contribution in [1.29, 1.82) is 0 Å². The summed E-state index contributed by atoms with van der Waals surface area (Å²) in [6, 6.07) is 0. The maximum atomic E-state index is 12.1. The number of hydrogen-bond acceptors (Lipinski definition) is 4.